The van der Waals surface area contributed by atoms with Gasteiger partial charge in [-0.05, 0) is 24.3 Å². The molecule has 34 heavy (non-hydrogen) atoms. The Morgan fingerprint density at radius 3 is 1.88 bits per heavy atom. The van der Waals surface area contributed by atoms with Gasteiger partial charge in [-0.15, -0.1) is 0 Å². The molecular formula is C20H11Cl3F7NO3. The fraction of sp³-hybridized carbons (Fsp3) is 0.200. The van der Waals surface area contributed by atoms with E-state index in [0.29, 0.717) is 6.08 Å². The summed E-state index contributed by atoms with van der Waals surface area (Å²) in [5.74, 6) is -1.77. The van der Waals surface area contributed by atoms with Gasteiger partial charge in [-0.1, -0.05) is 40.9 Å². The van der Waals surface area contributed by atoms with Crippen molar-refractivity contribution in [1.82, 2.24) is 0 Å². The number of carbonyl (C=O) groups excluding carboxylic acids is 1. The van der Waals surface area contributed by atoms with E-state index >= 15 is 0 Å². The average Bonchev–Trinajstić information content (AvgIpc) is 2.70. The minimum absolute atomic E-state index is 0.0112. The van der Waals surface area contributed by atoms with E-state index in [9.17, 15) is 40.6 Å². The lowest BCUT2D eigenvalue weighted by atomic mass is 9.92. The van der Waals surface area contributed by atoms with Crippen LogP contribution in [0, 0.1) is 5.41 Å². The number of hydrogen-bond acceptors (Lipinski definition) is 4. The second-order valence-electron chi connectivity index (χ2n) is 6.60. The van der Waals surface area contributed by atoms with E-state index in [4.69, 9.17) is 40.2 Å². The number of halogens is 10. The third-order valence-electron chi connectivity index (χ3n) is 4.44. The van der Waals surface area contributed by atoms with E-state index in [1.165, 1.54) is 12.1 Å². The summed E-state index contributed by atoms with van der Waals surface area (Å²) in [6.45, 7) is 0. The van der Waals surface area contributed by atoms with Crippen LogP contribution in [0.5, 0.6) is 0 Å². The van der Waals surface area contributed by atoms with Crippen LogP contribution in [0.15, 0.2) is 36.4 Å². The highest BCUT2D eigenvalue weighted by Crippen LogP contribution is 2.54. The molecule has 0 radical (unpaired) electrons. The monoisotopic (exact) mass is 551 g/mol. The van der Waals surface area contributed by atoms with Gasteiger partial charge in [0.05, 0.1) is 39.0 Å². The van der Waals surface area contributed by atoms with Crippen LogP contribution in [-0.2, 0) is 10.4 Å². The first-order valence-electron chi connectivity index (χ1n) is 8.65. The van der Waals surface area contributed by atoms with Gasteiger partial charge in [0.2, 0.25) is 0 Å². The van der Waals surface area contributed by atoms with Gasteiger partial charge in [-0.2, -0.15) is 26.3 Å². The van der Waals surface area contributed by atoms with Crippen LogP contribution in [0.25, 0.3) is 5.76 Å². The number of benzene rings is 2. The fourth-order valence-corrected chi connectivity index (χ4v) is 3.63. The summed E-state index contributed by atoms with van der Waals surface area (Å²) in [4.78, 5) is 11.7. The normalized spacial score (nSPS) is 13.1. The van der Waals surface area contributed by atoms with Gasteiger partial charge in [0.15, 0.2) is 0 Å². The maximum atomic E-state index is 14.3. The number of methoxy groups -OCH3 is 1. The van der Waals surface area contributed by atoms with Crippen LogP contribution < -0.4 is 0 Å². The summed E-state index contributed by atoms with van der Waals surface area (Å²) in [5, 5.41) is 16.4. The van der Waals surface area contributed by atoms with Crippen molar-refractivity contribution in [3.8, 4) is 0 Å². The number of aliphatic hydroxyl groups excluding tert-OH is 1. The lowest BCUT2D eigenvalue weighted by molar-refractivity contribution is -0.348. The number of aliphatic hydroxyl groups is 1. The van der Waals surface area contributed by atoms with Crippen LogP contribution in [0.2, 0.25) is 15.1 Å². The molecular weight excluding hydrogens is 542 g/mol. The van der Waals surface area contributed by atoms with E-state index < -0.39 is 56.6 Å². The van der Waals surface area contributed by atoms with E-state index in [0.717, 1.165) is 13.2 Å². The second-order valence-corrected chi connectivity index (χ2v) is 7.82. The number of rotatable bonds is 5. The van der Waals surface area contributed by atoms with Crippen LogP contribution in [0.4, 0.5) is 30.7 Å². The predicted octanol–water partition coefficient (Wildman–Crippen LogP) is 7.69. The van der Waals surface area contributed by atoms with Crippen molar-refractivity contribution in [2.45, 2.75) is 18.0 Å². The highest BCUT2D eigenvalue weighted by molar-refractivity contribution is 6.38. The third kappa shape index (κ3) is 5.11. The summed E-state index contributed by atoms with van der Waals surface area (Å²) in [5.41, 5.74) is -9.00. The molecule has 0 aliphatic heterocycles. The zero-order valence-electron chi connectivity index (χ0n) is 16.5. The van der Waals surface area contributed by atoms with Crippen molar-refractivity contribution in [1.29, 1.82) is 5.41 Å². The van der Waals surface area contributed by atoms with Gasteiger partial charge in [0, 0.05) is 17.2 Å². The summed E-state index contributed by atoms with van der Waals surface area (Å²) in [6.07, 6.45) is -12.1. The van der Waals surface area contributed by atoms with Crippen LogP contribution in [0.1, 0.15) is 27.0 Å². The van der Waals surface area contributed by atoms with Gasteiger partial charge in [0.1, 0.15) is 5.76 Å². The summed E-state index contributed by atoms with van der Waals surface area (Å²) in [6, 6.07) is 3.70. The molecule has 0 spiro atoms. The largest absolute Gasteiger partial charge is 0.507 e. The zero-order valence-corrected chi connectivity index (χ0v) is 18.8. The summed E-state index contributed by atoms with van der Waals surface area (Å²) >= 11 is 17.3. The fourth-order valence-electron chi connectivity index (χ4n) is 2.76. The lowest BCUT2D eigenvalue weighted by Gasteiger charge is -2.30. The maximum absolute atomic E-state index is 14.3. The van der Waals surface area contributed by atoms with Crippen molar-refractivity contribution in [3.63, 3.8) is 0 Å². The van der Waals surface area contributed by atoms with Gasteiger partial charge in [-0.25, -0.2) is 9.18 Å². The first kappa shape index (κ1) is 27.7. The average molecular weight is 553 g/mol. The van der Waals surface area contributed by atoms with Crippen molar-refractivity contribution in [2.24, 2.45) is 0 Å². The van der Waals surface area contributed by atoms with E-state index in [1.54, 1.807) is 0 Å². The zero-order chi connectivity index (χ0) is 26.2. The Balaban J connectivity index is 2.56. The molecule has 2 N–H and O–H groups in total. The van der Waals surface area contributed by atoms with Gasteiger partial charge < -0.3 is 15.3 Å². The Hall–Kier alpha value is -2.50. The first-order chi connectivity index (χ1) is 15.5. The van der Waals surface area contributed by atoms with Crippen LogP contribution in [0.3, 0.4) is 0 Å². The minimum Gasteiger partial charge on any atom is -0.507 e. The number of ether oxygens (including phenoxy) is 1. The molecule has 0 amide bonds. The Bertz CT molecular complexity index is 1140. The molecule has 0 unspecified atom stereocenters. The molecule has 0 bridgehead atoms. The molecule has 0 aliphatic rings. The van der Waals surface area contributed by atoms with Crippen molar-refractivity contribution < 1.29 is 45.4 Å². The third-order valence-corrected chi connectivity index (χ3v) is 5.37. The Morgan fingerprint density at radius 1 is 0.941 bits per heavy atom. The molecule has 2 aromatic carbocycles. The van der Waals surface area contributed by atoms with Crippen LogP contribution >= 0.6 is 34.8 Å². The topological polar surface area (TPSA) is 70.4 Å². The highest BCUT2D eigenvalue weighted by Gasteiger charge is 2.73. The molecule has 4 nitrogen and oxygen atoms in total. The molecule has 0 saturated heterocycles. The Labute approximate surface area is 202 Å². The van der Waals surface area contributed by atoms with E-state index in [-0.39, 0.29) is 28.3 Å². The minimum atomic E-state index is -6.40. The molecule has 0 aromatic heterocycles. The number of carbonyl (C=O) groups is 1. The predicted molar refractivity (Wildman–Crippen MR) is 112 cm³/mol. The molecule has 0 atom stereocenters. The summed E-state index contributed by atoms with van der Waals surface area (Å²) in [7, 11) is 1.08. The van der Waals surface area contributed by atoms with E-state index in [2.05, 4.69) is 4.74 Å². The van der Waals surface area contributed by atoms with Crippen molar-refractivity contribution in [2.75, 3.05) is 7.11 Å². The van der Waals surface area contributed by atoms with Gasteiger partial charge in [-0.3, -0.25) is 0 Å². The van der Waals surface area contributed by atoms with Gasteiger partial charge >= 0.3 is 24.0 Å². The molecule has 0 heterocycles. The number of esters is 1. The summed E-state index contributed by atoms with van der Waals surface area (Å²) < 4.78 is 96.8. The molecule has 184 valence electrons. The number of hydrogen-bond donors (Lipinski definition) is 2. The molecule has 0 fully saturated rings. The number of nitrogens with one attached hydrogen (secondary N) is 1. The van der Waals surface area contributed by atoms with Crippen molar-refractivity contribution in [3.05, 3.63) is 73.7 Å². The molecule has 0 saturated carbocycles. The number of alkyl halides is 7. The molecule has 2 rings (SSSR count). The van der Waals surface area contributed by atoms with E-state index in [1.807, 2.05) is 0 Å². The Morgan fingerprint density at radius 2 is 1.44 bits per heavy atom. The highest BCUT2D eigenvalue weighted by atomic mass is 35.5. The SMILES string of the molecule is COC(=O)c1cc(C(=N)/C=C(\O)c2c(Cl)cc(C(F)(C(F)(F)F)C(F)(F)F)cc2Cl)ccc1Cl. The first-order valence-corrected chi connectivity index (χ1v) is 9.78. The van der Waals surface area contributed by atoms with Crippen molar-refractivity contribution >= 4 is 52.2 Å². The number of allylic oxidation sites excluding steroid dienone is 1. The second kappa shape index (κ2) is 9.63. The standard InChI is InChI=1S/C20H11Cl3F7NO3/c1-34-17(33)10-4-8(2-3-11(10)21)14(31)7-15(32)16-12(22)5-9(6-13(16)23)18(24,19(25,26)27)20(28,29)30/h2-7,31-32H,1H3/b15-7-,31-14?. The van der Waals surface area contributed by atoms with Crippen LogP contribution in [-0.4, -0.2) is 36.2 Å². The molecule has 14 heteroatoms. The quantitative estimate of drug-likeness (QED) is 0.173. The lowest BCUT2D eigenvalue weighted by Crippen LogP contribution is -2.50. The Kier molecular flexibility index (Phi) is 7.86. The molecule has 2 aromatic rings. The van der Waals surface area contributed by atoms with Gasteiger partial charge in [0.25, 0.3) is 0 Å². The maximum Gasteiger partial charge on any atom is 0.435 e. The smallest absolute Gasteiger partial charge is 0.435 e. The molecule has 0 aliphatic carbocycles.